The van der Waals surface area contributed by atoms with Crippen LogP contribution in [0.25, 0.3) is 0 Å². The van der Waals surface area contributed by atoms with Crippen molar-refractivity contribution < 1.29 is 9.84 Å². The van der Waals surface area contributed by atoms with E-state index in [0.717, 1.165) is 25.3 Å². The van der Waals surface area contributed by atoms with Crippen LogP contribution in [0.15, 0.2) is 0 Å². The van der Waals surface area contributed by atoms with Gasteiger partial charge in [-0.25, -0.2) is 0 Å². The van der Waals surface area contributed by atoms with Crippen LogP contribution in [0.5, 0.6) is 0 Å². The standard InChI is InChI=1S/C15H31NO2/c1-4-12(2)9-16-10-14(17)11-18-15-7-5-6-13(3)8-15/h12-17H,4-11H2,1-3H3. The lowest BCUT2D eigenvalue weighted by atomic mass is 9.89. The quantitative estimate of drug-likeness (QED) is 0.702. The van der Waals surface area contributed by atoms with Gasteiger partial charge in [-0.05, 0) is 31.2 Å². The summed E-state index contributed by atoms with van der Waals surface area (Å²) in [4.78, 5) is 0. The molecule has 3 heteroatoms. The minimum Gasteiger partial charge on any atom is -0.389 e. The van der Waals surface area contributed by atoms with E-state index < -0.39 is 0 Å². The van der Waals surface area contributed by atoms with Crippen molar-refractivity contribution in [3.63, 3.8) is 0 Å². The summed E-state index contributed by atoms with van der Waals surface area (Å²) in [5.41, 5.74) is 0. The van der Waals surface area contributed by atoms with Crippen LogP contribution in [-0.4, -0.2) is 37.0 Å². The third-order valence-corrected chi connectivity index (χ3v) is 3.98. The molecule has 0 heterocycles. The van der Waals surface area contributed by atoms with Gasteiger partial charge < -0.3 is 15.2 Å². The minimum atomic E-state index is -0.369. The SMILES string of the molecule is CCC(C)CNCC(O)COC1CCCC(C)C1. The van der Waals surface area contributed by atoms with Crippen molar-refractivity contribution in [3.8, 4) is 0 Å². The Kier molecular flexibility index (Phi) is 7.87. The van der Waals surface area contributed by atoms with Crippen molar-refractivity contribution in [1.29, 1.82) is 0 Å². The third-order valence-electron chi connectivity index (χ3n) is 3.98. The Balaban J connectivity index is 2.03. The number of hydrogen-bond acceptors (Lipinski definition) is 3. The smallest absolute Gasteiger partial charge is 0.0897 e. The second kappa shape index (κ2) is 8.89. The van der Waals surface area contributed by atoms with Gasteiger partial charge in [-0.2, -0.15) is 0 Å². The first-order chi connectivity index (χ1) is 8.61. The fraction of sp³-hybridized carbons (Fsp3) is 1.00. The van der Waals surface area contributed by atoms with Gasteiger partial charge in [0, 0.05) is 6.54 Å². The number of hydrogen-bond donors (Lipinski definition) is 2. The maximum absolute atomic E-state index is 9.84. The predicted octanol–water partition coefficient (Wildman–Crippen LogP) is 2.58. The summed E-state index contributed by atoms with van der Waals surface area (Å²) in [5.74, 6) is 1.46. The molecule has 4 atom stereocenters. The molecule has 0 spiro atoms. The van der Waals surface area contributed by atoms with Crippen LogP contribution in [0.2, 0.25) is 0 Å². The predicted molar refractivity (Wildman–Crippen MR) is 75.7 cm³/mol. The van der Waals surface area contributed by atoms with Gasteiger partial charge >= 0.3 is 0 Å². The summed E-state index contributed by atoms with van der Waals surface area (Å²) in [7, 11) is 0. The van der Waals surface area contributed by atoms with Crippen LogP contribution >= 0.6 is 0 Å². The Hall–Kier alpha value is -0.120. The Morgan fingerprint density at radius 1 is 1.33 bits per heavy atom. The minimum absolute atomic E-state index is 0.369. The molecule has 0 aliphatic heterocycles. The van der Waals surface area contributed by atoms with Gasteiger partial charge in [-0.3, -0.25) is 0 Å². The molecule has 1 rings (SSSR count). The summed E-state index contributed by atoms with van der Waals surface area (Å²) in [5, 5.41) is 13.1. The molecule has 3 nitrogen and oxygen atoms in total. The van der Waals surface area contributed by atoms with Crippen LogP contribution in [0, 0.1) is 11.8 Å². The number of aliphatic hydroxyl groups is 1. The second-order valence-electron chi connectivity index (χ2n) is 6.05. The van der Waals surface area contributed by atoms with E-state index in [1.54, 1.807) is 0 Å². The van der Waals surface area contributed by atoms with Crippen LogP contribution < -0.4 is 5.32 Å². The molecule has 0 aromatic rings. The highest BCUT2D eigenvalue weighted by Gasteiger charge is 2.20. The first-order valence-corrected chi connectivity index (χ1v) is 7.62. The number of nitrogens with one attached hydrogen (secondary N) is 1. The van der Waals surface area contributed by atoms with Crippen LogP contribution in [0.4, 0.5) is 0 Å². The molecular weight excluding hydrogens is 226 g/mol. The molecule has 0 aromatic carbocycles. The van der Waals surface area contributed by atoms with Gasteiger partial charge in [0.15, 0.2) is 0 Å². The Morgan fingerprint density at radius 3 is 2.78 bits per heavy atom. The Bertz CT molecular complexity index is 211. The van der Waals surface area contributed by atoms with Gasteiger partial charge in [-0.1, -0.05) is 40.0 Å². The van der Waals surface area contributed by atoms with Gasteiger partial charge in [0.1, 0.15) is 0 Å². The van der Waals surface area contributed by atoms with Crippen molar-refractivity contribution in [3.05, 3.63) is 0 Å². The van der Waals surface area contributed by atoms with Crippen LogP contribution in [-0.2, 0) is 4.74 Å². The summed E-state index contributed by atoms with van der Waals surface area (Å²) in [6.45, 7) is 8.81. The van der Waals surface area contributed by atoms with Gasteiger partial charge in [0.25, 0.3) is 0 Å². The molecule has 108 valence electrons. The van der Waals surface area contributed by atoms with Crippen molar-refractivity contribution in [2.75, 3.05) is 19.7 Å². The highest BCUT2D eigenvalue weighted by molar-refractivity contribution is 4.71. The van der Waals surface area contributed by atoms with Crippen molar-refractivity contribution in [1.82, 2.24) is 5.32 Å². The van der Waals surface area contributed by atoms with E-state index in [1.807, 2.05) is 0 Å². The lowest BCUT2D eigenvalue weighted by Gasteiger charge is -2.27. The van der Waals surface area contributed by atoms with E-state index in [1.165, 1.54) is 19.3 Å². The number of aliphatic hydroxyl groups excluding tert-OH is 1. The summed E-state index contributed by atoms with van der Waals surface area (Å²) < 4.78 is 5.81. The lowest BCUT2D eigenvalue weighted by Crippen LogP contribution is -2.34. The number of rotatable bonds is 8. The molecule has 1 saturated carbocycles. The van der Waals surface area contributed by atoms with Crippen molar-refractivity contribution in [2.45, 2.75) is 65.1 Å². The number of ether oxygens (including phenoxy) is 1. The molecule has 0 aromatic heterocycles. The largest absolute Gasteiger partial charge is 0.389 e. The summed E-state index contributed by atoms with van der Waals surface area (Å²) in [6, 6.07) is 0. The molecular formula is C15H31NO2. The van der Waals surface area contributed by atoms with Crippen LogP contribution in [0.3, 0.4) is 0 Å². The molecule has 0 radical (unpaired) electrons. The zero-order valence-electron chi connectivity index (χ0n) is 12.3. The second-order valence-corrected chi connectivity index (χ2v) is 6.05. The van der Waals surface area contributed by atoms with Gasteiger partial charge in [0.05, 0.1) is 18.8 Å². The van der Waals surface area contributed by atoms with E-state index >= 15 is 0 Å². The fourth-order valence-corrected chi connectivity index (χ4v) is 2.48. The average molecular weight is 257 g/mol. The van der Waals surface area contributed by atoms with Crippen molar-refractivity contribution in [2.24, 2.45) is 11.8 Å². The molecule has 1 fully saturated rings. The Morgan fingerprint density at radius 2 is 2.11 bits per heavy atom. The first-order valence-electron chi connectivity index (χ1n) is 7.62. The Labute approximate surface area is 112 Å². The van der Waals surface area contributed by atoms with E-state index in [0.29, 0.717) is 25.2 Å². The topological polar surface area (TPSA) is 41.5 Å². The average Bonchev–Trinajstić information content (AvgIpc) is 2.36. The molecule has 1 aliphatic carbocycles. The molecule has 0 amide bonds. The molecule has 4 unspecified atom stereocenters. The van der Waals surface area contributed by atoms with E-state index in [2.05, 4.69) is 26.1 Å². The maximum Gasteiger partial charge on any atom is 0.0897 e. The fourth-order valence-electron chi connectivity index (χ4n) is 2.48. The highest BCUT2D eigenvalue weighted by Crippen LogP contribution is 2.25. The normalized spacial score (nSPS) is 28.0. The molecule has 1 aliphatic rings. The third kappa shape index (κ3) is 6.72. The zero-order valence-corrected chi connectivity index (χ0v) is 12.3. The van der Waals surface area contributed by atoms with E-state index in [9.17, 15) is 5.11 Å². The zero-order chi connectivity index (χ0) is 13.4. The maximum atomic E-state index is 9.84. The van der Waals surface area contributed by atoms with Crippen LogP contribution in [0.1, 0.15) is 52.9 Å². The van der Waals surface area contributed by atoms with Gasteiger partial charge in [0.2, 0.25) is 0 Å². The van der Waals surface area contributed by atoms with E-state index in [4.69, 9.17) is 4.74 Å². The summed E-state index contributed by atoms with van der Waals surface area (Å²) >= 11 is 0. The highest BCUT2D eigenvalue weighted by atomic mass is 16.5. The molecule has 2 N–H and O–H groups in total. The molecule has 18 heavy (non-hydrogen) atoms. The van der Waals surface area contributed by atoms with E-state index in [-0.39, 0.29) is 6.10 Å². The monoisotopic (exact) mass is 257 g/mol. The van der Waals surface area contributed by atoms with Crippen molar-refractivity contribution >= 4 is 0 Å². The van der Waals surface area contributed by atoms with Gasteiger partial charge in [-0.15, -0.1) is 0 Å². The molecule has 0 bridgehead atoms. The lowest BCUT2D eigenvalue weighted by molar-refractivity contribution is -0.0307. The summed E-state index contributed by atoms with van der Waals surface area (Å²) in [6.07, 6.45) is 6.11. The first kappa shape index (κ1) is 15.9. The molecule has 0 saturated heterocycles.